The van der Waals surface area contributed by atoms with E-state index in [4.69, 9.17) is 0 Å². The lowest BCUT2D eigenvalue weighted by molar-refractivity contribution is 0.447. The maximum atomic E-state index is 4.55. The van der Waals surface area contributed by atoms with Crippen LogP contribution in [-0.2, 0) is 0 Å². The van der Waals surface area contributed by atoms with E-state index in [0.717, 1.165) is 25.0 Å². The van der Waals surface area contributed by atoms with Crippen LogP contribution in [0.4, 0.5) is 0 Å². The van der Waals surface area contributed by atoms with E-state index in [9.17, 15) is 0 Å². The maximum Gasteiger partial charge on any atom is 0.159 e. The molecule has 0 amide bonds. The van der Waals surface area contributed by atoms with Gasteiger partial charge in [0.15, 0.2) is 5.17 Å². The molecule has 1 rings (SSSR count). The van der Waals surface area contributed by atoms with Crippen LogP contribution in [0.5, 0.6) is 0 Å². The number of rotatable bonds is 4. The summed E-state index contributed by atoms with van der Waals surface area (Å²) in [5, 5.41) is 2.95. The van der Waals surface area contributed by atoms with Crippen molar-refractivity contribution in [1.82, 2.24) is 4.90 Å². The summed E-state index contributed by atoms with van der Waals surface area (Å²) in [6.45, 7) is 7.60. The Kier molecular flexibility index (Phi) is 5.17. The molecule has 4 heteroatoms. The third-order valence-corrected chi connectivity index (χ3v) is 4.48. The summed E-state index contributed by atoms with van der Waals surface area (Å²) >= 11 is 5.41. The summed E-state index contributed by atoms with van der Waals surface area (Å²) in [6, 6.07) is 0. The van der Waals surface area contributed by atoms with Gasteiger partial charge in [-0.25, -0.2) is 0 Å². The Morgan fingerprint density at radius 3 is 2.85 bits per heavy atom. The van der Waals surface area contributed by atoms with Crippen LogP contribution in [0.1, 0.15) is 20.3 Å². The second-order valence-electron chi connectivity index (χ2n) is 3.10. The summed E-state index contributed by atoms with van der Waals surface area (Å²) in [5.41, 5.74) is 0. The Labute approximate surface area is 93.3 Å². The van der Waals surface area contributed by atoms with Crippen LogP contribution in [0.3, 0.4) is 0 Å². The van der Waals surface area contributed by atoms with Crippen LogP contribution >= 0.6 is 27.7 Å². The topological polar surface area (TPSA) is 15.6 Å². The number of hydrogen-bond acceptors (Lipinski definition) is 3. The lowest BCUT2D eigenvalue weighted by atomic mass is 10.4. The molecule has 0 saturated heterocycles. The van der Waals surface area contributed by atoms with Gasteiger partial charge in [-0.05, 0) is 13.3 Å². The van der Waals surface area contributed by atoms with Gasteiger partial charge >= 0.3 is 0 Å². The second kappa shape index (κ2) is 5.91. The average Bonchev–Trinajstić information content (AvgIpc) is 2.62. The Bertz CT molecular complexity index is 184. The van der Waals surface area contributed by atoms with Gasteiger partial charge in [-0.2, -0.15) is 0 Å². The van der Waals surface area contributed by atoms with Gasteiger partial charge in [-0.15, -0.1) is 0 Å². The van der Waals surface area contributed by atoms with Crippen LogP contribution in [0.25, 0.3) is 0 Å². The first kappa shape index (κ1) is 11.4. The van der Waals surface area contributed by atoms with E-state index in [1.807, 2.05) is 11.8 Å². The zero-order chi connectivity index (χ0) is 9.68. The van der Waals surface area contributed by atoms with E-state index >= 15 is 0 Å². The third-order valence-electron chi connectivity index (χ3n) is 2.02. The minimum Gasteiger partial charge on any atom is -0.352 e. The SMILES string of the molecule is CCCN(CC)C1=NCC(CBr)S1. The van der Waals surface area contributed by atoms with Gasteiger partial charge in [-0.1, -0.05) is 34.6 Å². The van der Waals surface area contributed by atoms with Gasteiger partial charge in [-0.3, -0.25) is 4.99 Å². The van der Waals surface area contributed by atoms with Crippen LogP contribution in [-0.4, -0.2) is 40.3 Å². The zero-order valence-electron chi connectivity index (χ0n) is 8.29. The molecule has 0 saturated carbocycles. The molecule has 0 aromatic heterocycles. The third kappa shape index (κ3) is 3.17. The number of hydrogen-bond donors (Lipinski definition) is 0. The fourth-order valence-corrected chi connectivity index (χ4v) is 2.95. The van der Waals surface area contributed by atoms with Crippen molar-refractivity contribution < 1.29 is 0 Å². The lowest BCUT2D eigenvalue weighted by Gasteiger charge is -2.21. The molecule has 0 aliphatic carbocycles. The minimum atomic E-state index is 0.654. The summed E-state index contributed by atoms with van der Waals surface area (Å²) in [7, 11) is 0. The van der Waals surface area contributed by atoms with Crippen molar-refractivity contribution in [3.8, 4) is 0 Å². The van der Waals surface area contributed by atoms with E-state index in [-0.39, 0.29) is 0 Å². The molecule has 1 aliphatic heterocycles. The number of halogens is 1. The summed E-state index contributed by atoms with van der Waals surface area (Å²) in [6.07, 6.45) is 1.20. The largest absolute Gasteiger partial charge is 0.352 e. The molecule has 13 heavy (non-hydrogen) atoms. The molecule has 2 nitrogen and oxygen atoms in total. The monoisotopic (exact) mass is 264 g/mol. The predicted molar refractivity (Wildman–Crippen MR) is 65.0 cm³/mol. The van der Waals surface area contributed by atoms with Gasteiger partial charge in [0.05, 0.1) is 6.54 Å². The van der Waals surface area contributed by atoms with Gasteiger partial charge < -0.3 is 4.90 Å². The minimum absolute atomic E-state index is 0.654. The standard InChI is InChI=1S/C9H17BrN2S/c1-3-5-12(4-2)9-11-7-8(6-10)13-9/h8H,3-7H2,1-2H3. The van der Waals surface area contributed by atoms with Gasteiger partial charge in [0.25, 0.3) is 0 Å². The molecule has 1 aliphatic rings. The first-order chi connectivity index (χ1) is 6.31. The van der Waals surface area contributed by atoms with E-state index in [2.05, 4.69) is 39.7 Å². The molecule has 1 unspecified atom stereocenters. The number of thioether (sulfide) groups is 1. The molecule has 0 radical (unpaired) electrons. The Hall–Kier alpha value is 0.300. The first-order valence-electron chi connectivity index (χ1n) is 4.83. The molecule has 76 valence electrons. The van der Waals surface area contributed by atoms with E-state index < -0.39 is 0 Å². The number of aliphatic imine (C=N–C) groups is 1. The highest BCUT2D eigenvalue weighted by Gasteiger charge is 2.21. The molecule has 0 aromatic rings. The smallest absolute Gasteiger partial charge is 0.159 e. The normalized spacial score (nSPS) is 21.8. The van der Waals surface area contributed by atoms with Crippen molar-refractivity contribution in [2.24, 2.45) is 4.99 Å². The van der Waals surface area contributed by atoms with Gasteiger partial charge in [0.2, 0.25) is 0 Å². The molecule has 0 bridgehead atoms. The highest BCUT2D eigenvalue weighted by atomic mass is 79.9. The summed E-state index contributed by atoms with van der Waals surface area (Å²) < 4.78 is 0. The average molecular weight is 265 g/mol. The van der Waals surface area contributed by atoms with Crippen molar-refractivity contribution in [3.63, 3.8) is 0 Å². The predicted octanol–water partition coefficient (Wildman–Crippen LogP) is 2.58. The molecule has 0 spiro atoms. The number of nitrogens with zero attached hydrogens (tertiary/aromatic N) is 2. The molecular formula is C9H17BrN2S. The number of amidine groups is 1. The number of alkyl halides is 1. The van der Waals surface area contributed by atoms with Crippen LogP contribution in [0, 0.1) is 0 Å². The summed E-state index contributed by atoms with van der Waals surface area (Å²) in [5.74, 6) is 0. The quantitative estimate of drug-likeness (QED) is 0.726. The molecule has 0 N–H and O–H groups in total. The highest BCUT2D eigenvalue weighted by Crippen LogP contribution is 2.24. The maximum absolute atomic E-state index is 4.55. The Morgan fingerprint density at radius 1 is 1.62 bits per heavy atom. The van der Waals surface area contributed by atoms with Crippen LogP contribution < -0.4 is 0 Å². The van der Waals surface area contributed by atoms with Crippen LogP contribution in [0.15, 0.2) is 4.99 Å². The van der Waals surface area contributed by atoms with E-state index in [1.54, 1.807) is 0 Å². The zero-order valence-corrected chi connectivity index (χ0v) is 10.7. The van der Waals surface area contributed by atoms with Crippen molar-refractivity contribution in [2.45, 2.75) is 25.5 Å². The van der Waals surface area contributed by atoms with Crippen molar-refractivity contribution >= 4 is 32.9 Å². The molecule has 0 fully saturated rings. The fraction of sp³-hybridized carbons (Fsp3) is 0.889. The van der Waals surface area contributed by atoms with Crippen molar-refractivity contribution in [3.05, 3.63) is 0 Å². The summed E-state index contributed by atoms with van der Waals surface area (Å²) in [4.78, 5) is 6.92. The fourth-order valence-electron chi connectivity index (χ4n) is 1.32. The molecule has 1 heterocycles. The molecular weight excluding hydrogens is 248 g/mol. The Morgan fingerprint density at radius 2 is 2.38 bits per heavy atom. The van der Waals surface area contributed by atoms with Crippen LogP contribution in [0.2, 0.25) is 0 Å². The second-order valence-corrected chi connectivity index (χ2v) is 5.01. The van der Waals surface area contributed by atoms with Crippen molar-refractivity contribution in [1.29, 1.82) is 0 Å². The molecule has 1 atom stereocenters. The highest BCUT2D eigenvalue weighted by molar-refractivity contribution is 9.09. The van der Waals surface area contributed by atoms with Crippen molar-refractivity contribution in [2.75, 3.05) is 25.0 Å². The lowest BCUT2D eigenvalue weighted by Crippen LogP contribution is -2.28. The van der Waals surface area contributed by atoms with E-state index in [1.165, 1.54) is 11.6 Å². The van der Waals surface area contributed by atoms with E-state index in [0.29, 0.717) is 5.25 Å². The Balaban J connectivity index is 2.42. The molecule has 0 aromatic carbocycles. The first-order valence-corrected chi connectivity index (χ1v) is 6.83. The van der Waals surface area contributed by atoms with Gasteiger partial charge in [0, 0.05) is 23.7 Å². The van der Waals surface area contributed by atoms with Gasteiger partial charge in [0.1, 0.15) is 0 Å².